The standard InChI is InChI=1S/C19H18N4O3/c1-2-14(21-15-11-7-6-10-13(15)20)16-17(24)22-19(26)23(18(16)25)12-8-4-3-5-9-12/h2-11,16,21H,20H2,1H3,(H,22,24,26)/b14-2-/t16-/m0/s1. The number of carbonyl (C=O) groups is 3. The Bertz CT molecular complexity index is 893. The van der Waals surface area contributed by atoms with Crippen LogP contribution in [0.15, 0.2) is 66.4 Å². The van der Waals surface area contributed by atoms with Gasteiger partial charge in [0.05, 0.1) is 17.1 Å². The van der Waals surface area contributed by atoms with Crippen LogP contribution in [0.4, 0.5) is 21.9 Å². The van der Waals surface area contributed by atoms with Gasteiger partial charge in [-0.2, -0.15) is 0 Å². The summed E-state index contributed by atoms with van der Waals surface area (Å²) in [5, 5.41) is 5.27. The topological polar surface area (TPSA) is 105 Å². The molecule has 1 atom stereocenters. The lowest BCUT2D eigenvalue weighted by molar-refractivity contribution is -0.132. The first-order valence-electron chi connectivity index (χ1n) is 8.04. The fourth-order valence-electron chi connectivity index (χ4n) is 2.75. The van der Waals surface area contributed by atoms with Crippen LogP contribution in [0.1, 0.15) is 6.92 Å². The molecule has 4 amide bonds. The summed E-state index contributed by atoms with van der Waals surface area (Å²) in [6.07, 6.45) is 1.62. The number of barbiturate groups is 1. The van der Waals surface area contributed by atoms with Crippen LogP contribution >= 0.6 is 0 Å². The van der Waals surface area contributed by atoms with Crippen LogP contribution in [-0.2, 0) is 9.59 Å². The van der Waals surface area contributed by atoms with E-state index in [9.17, 15) is 14.4 Å². The smallest absolute Gasteiger partial charge is 0.335 e. The van der Waals surface area contributed by atoms with Crippen LogP contribution < -0.4 is 21.3 Å². The molecule has 1 heterocycles. The number of rotatable bonds is 4. The van der Waals surface area contributed by atoms with Gasteiger partial charge in [-0.3, -0.25) is 14.9 Å². The van der Waals surface area contributed by atoms with E-state index >= 15 is 0 Å². The molecule has 26 heavy (non-hydrogen) atoms. The predicted molar refractivity (Wildman–Crippen MR) is 99.2 cm³/mol. The van der Waals surface area contributed by atoms with Crippen molar-refractivity contribution < 1.29 is 14.4 Å². The number of allylic oxidation sites excluding steroid dienone is 1. The number of hydrogen-bond acceptors (Lipinski definition) is 5. The number of carbonyl (C=O) groups excluding carboxylic acids is 3. The Morgan fingerprint density at radius 1 is 1.08 bits per heavy atom. The summed E-state index contributed by atoms with van der Waals surface area (Å²) in [7, 11) is 0. The van der Waals surface area contributed by atoms with E-state index in [4.69, 9.17) is 5.73 Å². The van der Waals surface area contributed by atoms with Crippen molar-refractivity contribution in [3.05, 3.63) is 66.4 Å². The normalized spacial score (nSPS) is 17.9. The average Bonchev–Trinajstić information content (AvgIpc) is 2.63. The number of benzene rings is 2. The molecule has 2 aromatic carbocycles. The molecule has 1 saturated heterocycles. The molecule has 7 heteroatoms. The zero-order valence-corrected chi connectivity index (χ0v) is 14.1. The number of urea groups is 1. The molecule has 0 spiro atoms. The lowest BCUT2D eigenvalue weighted by atomic mass is 9.99. The van der Waals surface area contributed by atoms with Crippen molar-refractivity contribution in [1.82, 2.24) is 5.32 Å². The predicted octanol–water partition coefficient (Wildman–Crippen LogP) is 2.48. The van der Waals surface area contributed by atoms with Gasteiger partial charge in [-0.25, -0.2) is 9.69 Å². The first-order valence-corrected chi connectivity index (χ1v) is 8.04. The van der Waals surface area contributed by atoms with E-state index in [1.165, 1.54) is 0 Å². The molecular formula is C19H18N4O3. The number of amides is 4. The van der Waals surface area contributed by atoms with Crippen molar-refractivity contribution in [3.63, 3.8) is 0 Å². The van der Waals surface area contributed by atoms with E-state index in [2.05, 4.69) is 10.6 Å². The van der Waals surface area contributed by atoms with Crippen molar-refractivity contribution >= 4 is 34.9 Å². The highest BCUT2D eigenvalue weighted by Gasteiger charge is 2.43. The third-order valence-corrected chi connectivity index (χ3v) is 4.04. The Morgan fingerprint density at radius 2 is 1.73 bits per heavy atom. The molecule has 0 aromatic heterocycles. The van der Waals surface area contributed by atoms with Crippen LogP contribution in [0.25, 0.3) is 0 Å². The highest BCUT2D eigenvalue weighted by atomic mass is 16.2. The van der Waals surface area contributed by atoms with E-state index in [0.717, 1.165) is 4.90 Å². The van der Waals surface area contributed by atoms with Crippen LogP contribution in [0.2, 0.25) is 0 Å². The van der Waals surface area contributed by atoms with E-state index in [1.54, 1.807) is 67.6 Å². The second kappa shape index (κ2) is 7.10. The highest BCUT2D eigenvalue weighted by molar-refractivity contribution is 6.29. The summed E-state index contributed by atoms with van der Waals surface area (Å²) in [6, 6.07) is 14.7. The highest BCUT2D eigenvalue weighted by Crippen LogP contribution is 2.27. The number of nitrogens with two attached hydrogens (primary N) is 1. The molecule has 3 rings (SSSR count). The zero-order chi connectivity index (χ0) is 18.7. The Kier molecular flexibility index (Phi) is 4.70. The molecule has 7 nitrogen and oxygen atoms in total. The Hall–Kier alpha value is -3.61. The van der Waals surface area contributed by atoms with E-state index in [1.807, 2.05) is 0 Å². The number of imide groups is 2. The molecule has 0 radical (unpaired) electrons. The SMILES string of the molecule is C/C=C(\Nc1ccccc1N)[C@H]1C(=O)NC(=O)N(c2ccccc2)C1=O. The quantitative estimate of drug-likeness (QED) is 0.580. The Labute approximate surface area is 150 Å². The van der Waals surface area contributed by atoms with Crippen LogP contribution in [-0.4, -0.2) is 17.8 Å². The fraction of sp³-hybridized carbons (Fsp3) is 0.105. The van der Waals surface area contributed by atoms with Gasteiger partial charge < -0.3 is 11.1 Å². The fourth-order valence-corrected chi connectivity index (χ4v) is 2.75. The van der Waals surface area contributed by atoms with Crippen molar-refractivity contribution in [2.24, 2.45) is 5.92 Å². The summed E-state index contributed by atoms with van der Waals surface area (Å²) in [5.74, 6) is -2.49. The Morgan fingerprint density at radius 3 is 2.38 bits per heavy atom. The maximum atomic E-state index is 13.0. The average molecular weight is 350 g/mol. The minimum absolute atomic E-state index is 0.346. The van der Waals surface area contributed by atoms with Gasteiger partial charge in [0.15, 0.2) is 5.92 Å². The number of hydrogen-bond donors (Lipinski definition) is 3. The second-order valence-electron chi connectivity index (χ2n) is 5.69. The third-order valence-electron chi connectivity index (χ3n) is 4.04. The lowest BCUT2D eigenvalue weighted by Gasteiger charge is -2.31. The molecular weight excluding hydrogens is 332 g/mol. The van der Waals surface area contributed by atoms with Gasteiger partial charge in [-0.1, -0.05) is 36.4 Å². The lowest BCUT2D eigenvalue weighted by Crippen LogP contribution is -2.59. The molecule has 4 N–H and O–H groups in total. The van der Waals surface area contributed by atoms with Crippen LogP contribution in [0, 0.1) is 5.92 Å². The minimum atomic E-state index is -1.18. The summed E-state index contributed by atoms with van der Waals surface area (Å²) in [6.45, 7) is 1.70. The summed E-state index contributed by atoms with van der Waals surface area (Å²) in [5.41, 5.74) is 7.71. The number of nitrogen functional groups attached to an aromatic ring is 1. The van der Waals surface area contributed by atoms with Gasteiger partial charge in [0, 0.05) is 5.70 Å². The molecule has 1 aliphatic heterocycles. The molecule has 0 bridgehead atoms. The first kappa shape index (κ1) is 17.2. The summed E-state index contributed by atoms with van der Waals surface area (Å²) < 4.78 is 0. The van der Waals surface area contributed by atoms with Crippen molar-refractivity contribution in [1.29, 1.82) is 0 Å². The summed E-state index contributed by atoms with van der Waals surface area (Å²) in [4.78, 5) is 38.5. The van der Waals surface area contributed by atoms with Gasteiger partial charge >= 0.3 is 6.03 Å². The molecule has 132 valence electrons. The van der Waals surface area contributed by atoms with E-state index in [-0.39, 0.29) is 0 Å². The van der Waals surface area contributed by atoms with Gasteiger partial charge in [-0.05, 0) is 31.2 Å². The van der Waals surface area contributed by atoms with Gasteiger partial charge in [0.25, 0.3) is 5.91 Å². The van der Waals surface area contributed by atoms with Crippen LogP contribution in [0.5, 0.6) is 0 Å². The van der Waals surface area contributed by atoms with E-state index in [0.29, 0.717) is 22.8 Å². The number of para-hydroxylation sites is 3. The molecule has 0 unspecified atom stereocenters. The molecule has 1 aliphatic rings. The molecule has 2 aromatic rings. The Balaban J connectivity index is 1.94. The van der Waals surface area contributed by atoms with Crippen LogP contribution in [0.3, 0.4) is 0 Å². The third kappa shape index (κ3) is 3.14. The number of anilines is 3. The van der Waals surface area contributed by atoms with Gasteiger partial charge in [0.1, 0.15) is 0 Å². The largest absolute Gasteiger partial charge is 0.397 e. The monoisotopic (exact) mass is 350 g/mol. The second-order valence-corrected chi connectivity index (χ2v) is 5.69. The molecule has 1 fully saturated rings. The number of nitrogens with one attached hydrogen (secondary N) is 2. The van der Waals surface area contributed by atoms with E-state index < -0.39 is 23.8 Å². The zero-order valence-electron chi connectivity index (χ0n) is 14.1. The summed E-state index contributed by atoms with van der Waals surface area (Å²) >= 11 is 0. The molecule has 0 aliphatic carbocycles. The van der Waals surface area contributed by atoms with Gasteiger partial charge in [-0.15, -0.1) is 0 Å². The number of nitrogens with zero attached hydrogens (tertiary/aromatic N) is 1. The van der Waals surface area contributed by atoms with Crippen molar-refractivity contribution in [3.8, 4) is 0 Å². The maximum Gasteiger partial charge on any atom is 0.335 e. The minimum Gasteiger partial charge on any atom is -0.397 e. The maximum absolute atomic E-state index is 13.0. The van der Waals surface area contributed by atoms with Gasteiger partial charge in [0.2, 0.25) is 5.91 Å². The molecule has 0 saturated carbocycles. The first-order chi connectivity index (χ1) is 12.5. The van der Waals surface area contributed by atoms with Crippen molar-refractivity contribution in [2.75, 3.05) is 16.0 Å². The van der Waals surface area contributed by atoms with Crippen molar-refractivity contribution in [2.45, 2.75) is 6.92 Å².